The standard InChI is InChI=1S/C18H31N5OS.HI/c1-5-23-10-6-8-15(23)14-22(4)18(20-13-17(24)21(2)3)19-12-16-9-7-11-25-16;/h7,9,11,15H,5-6,8,10,12-14H2,1-4H3,(H,19,20);1H. The summed E-state index contributed by atoms with van der Waals surface area (Å²) in [4.78, 5) is 24.0. The average molecular weight is 493 g/mol. The van der Waals surface area contributed by atoms with Gasteiger partial charge in [0.05, 0.1) is 6.54 Å². The number of carbonyl (C=O) groups excluding carboxylic acids is 1. The molecule has 0 bridgehead atoms. The molecule has 1 aromatic rings. The van der Waals surface area contributed by atoms with Gasteiger partial charge >= 0.3 is 0 Å². The molecule has 0 aromatic carbocycles. The van der Waals surface area contributed by atoms with Crippen LogP contribution in [-0.2, 0) is 11.3 Å². The van der Waals surface area contributed by atoms with Gasteiger partial charge in [-0.3, -0.25) is 9.69 Å². The predicted molar refractivity (Wildman–Crippen MR) is 120 cm³/mol. The summed E-state index contributed by atoms with van der Waals surface area (Å²) in [5.74, 6) is 0.812. The smallest absolute Gasteiger partial charge is 0.243 e. The molecule has 1 aliphatic rings. The number of likely N-dealkylation sites (N-methyl/N-ethyl adjacent to an activating group) is 3. The minimum Gasteiger partial charge on any atom is -0.351 e. The number of guanidine groups is 1. The summed E-state index contributed by atoms with van der Waals surface area (Å²) in [5.41, 5.74) is 0. The Hall–Kier alpha value is -0.870. The van der Waals surface area contributed by atoms with Crippen molar-refractivity contribution in [1.82, 2.24) is 20.0 Å². The maximum atomic E-state index is 11.9. The van der Waals surface area contributed by atoms with Crippen molar-refractivity contribution in [1.29, 1.82) is 0 Å². The van der Waals surface area contributed by atoms with Crippen molar-refractivity contribution < 1.29 is 4.79 Å². The second-order valence-corrected chi connectivity index (χ2v) is 7.70. The molecule has 0 saturated carbocycles. The fraction of sp³-hybridized carbons (Fsp3) is 0.667. The van der Waals surface area contributed by atoms with Crippen LogP contribution in [0.25, 0.3) is 0 Å². The fourth-order valence-corrected chi connectivity index (χ4v) is 3.74. The summed E-state index contributed by atoms with van der Waals surface area (Å²) in [7, 11) is 5.59. The fourth-order valence-electron chi connectivity index (χ4n) is 3.10. The zero-order chi connectivity index (χ0) is 18.2. The zero-order valence-corrected chi connectivity index (χ0v) is 19.4. The lowest BCUT2D eigenvalue weighted by Crippen LogP contribution is -2.46. The number of halogens is 1. The molecular formula is C18H32IN5OS. The van der Waals surface area contributed by atoms with Gasteiger partial charge in [0, 0.05) is 38.6 Å². The Morgan fingerprint density at radius 3 is 2.81 bits per heavy atom. The summed E-state index contributed by atoms with van der Waals surface area (Å²) in [5, 5.41) is 5.49. The molecule has 1 amide bonds. The third-order valence-corrected chi connectivity index (χ3v) is 5.49. The summed E-state index contributed by atoms with van der Waals surface area (Å²) >= 11 is 1.72. The van der Waals surface area contributed by atoms with Crippen molar-refractivity contribution in [2.24, 2.45) is 4.99 Å². The van der Waals surface area contributed by atoms with E-state index in [9.17, 15) is 4.79 Å². The second kappa shape index (κ2) is 11.8. The van der Waals surface area contributed by atoms with E-state index in [2.05, 4.69) is 51.6 Å². The molecule has 1 atom stereocenters. The molecule has 8 heteroatoms. The number of carbonyl (C=O) groups is 1. The molecule has 6 nitrogen and oxygen atoms in total. The molecule has 0 aliphatic carbocycles. The van der Waals surface area contributed by atoms with Gasteiger partial charge in [0.2, 0.25) is 5.91 Å². The molecule has 2 rings (SSSR count). The molecule has 1 N–H and O–H groups in total. The van der Waals surface area contributed by atoms with E-state index in [1.165, 1.54) is 24.3 Å². The second-order valence-electron chi connectivity index (χ2n) is 6.67. The maximum Gasteiger partial charge on any atom is 0.243 e. The van der Waals surface area contributed by atoms with Gasteiger partial charge < -0.3 is 15.1 Å². The Kier molecular flexibility index (Phi) is 10.5. The molecule has 1 saturated heterocycles. The van der Waals surface area contributed by atoms with Crippen LogP contribution in [0.5, 0.6) is 0 Å². The number of amides is 1. The van der Waals surface area contributed by atoms with Crippen molar-refractivity contribution in [3.63, 3.8) is 0 Å². The van der Waals surface area contributed by atoms with Gasteiger partial charge in [-0.2, -0.15) is 0 Å². The van der Waals surface area contributed by atoms with Crippen molar-refractivity contribution >= 4 is 47.2 Å². The highest BCUT2D eigenvalue weighted by Crippen LogP contribution is 2.17. The zero-order valence-electron chi connectivity index (χ0n) is 16.3. The van der Waals surface area contributed by atoms with Crippen LogP contribution in [0.15, 0.2) is 22.5 Å². The lowest BCUT2D eigenvalue weighted by Gasteiger charge is -2.30. The van der Waals surface area contributed by atoms with Crippen LogP contribution in [0.2, 0.25) is 0 Å². The minimum atomic E-state index is 0. The highest BCUT2D eigenvalue weighted by atomic mass is 127. The normalized spacial score (nSPS) is 17.7. The summed E-state index contributed by atoms with van der Waals surface area (Å²) in [6, 6.07) is 4.72. The number of rotatable bonds is 7. The quantitative estimate of drug-likeness (QED) is 0.360. The summed E-state index contributed by atoms with van der Waals surface area (Å²) in [6.45, 7) is 6.33. The number of hydrogen-bond donors (Lipinski definition) is 1. The highest BCUT2D eigenvalue weighted by molar-refractivity contribution is 14.0. The largest absolute Gasteiger partial charge is 0.351 e. The number of aliphatic imine (C=N–C) groups is 1. The molecule has 1 aromatic heterocycles. The molecule has 1 fully saturated rings. The topological polar surface area (TPSA) is 51.2 Å². The number of nitrogens with zero attached hydrogens (tertiary/aromatic N) is 4. The van der Waals surface area contributed by atoms with Crippen molar-refractivity contribution in [2.45, 2.75) is 32.4 Å². The first-order chi connectivity index (χ1) is 12.0. The third kappa shape index (κ3) is 7.03. The van der Waals surface area contributed by atoms with E-state index in [1.54, 1.807) is 30.3 Å². The van der Waals surface area contributed by atoms with Crippen LogP contribution in [0.4, 0.5) is 0 Å². The maximum absolute atomic E-state index is 11.9. The number of nitrogens with one attached hydrogen (secondary N) is 1. The molecule has 1 aliphatic heterocycles. The lowest BCUT2D eigenvalue weighted by molar-refractivity contribution is -0.127. The van der Waals surface area contributed by atoms with Gasteiger partial charge in [-0.15, -0.1) is 35.3 Å². The van der Waals surface area contributed by atoms with Gasteiger partial charge in [0.25, 0.3) is 0 Å². The highest BCUT2D eigenvalue weighted by Gasteiger charge is 2.25. The van der Waals surface area contributed by atoms with Crippen LogP contribution >= 0.6 is 35.3 Å². The van der Waals surface area contributed by atoms with Gasteiger partial charge in [0.15, 0.2) is 5.96 Å². The van der Waals surface area contributed by atoms with E-state index in [1.807, 2.05) is 0 Å². The van der Waals surface area contributed by atoms with Crippen LogP contribution in [0.3, 0.4) is 0 Å². The number of hydrogen-bond acceptors (Lipinski definition) is 4. The van der Waals surface area contributed by atoms with Gasteiger partial charge in [-0.25, -0.2) is 4.99 Å². The van der Waals surface area contributed by atoms with Crippen LogP contribution in [0.1, 0.15) is 24.6 Å². The third-order valence-electron chi connectivity index (χ3n) is 4.62. The molecular weight excluding hydrogens is 461 g/mol. The predicted octanol–water partition coefficient (Wildman–Crippen LogP) is 2.32. The van der Waals surface area contributed by atoms with Crippen molar-refractivity contribution in [3.05, 3.63) is 22.4 Å². The van der Waals surface area contributed by atoms with Crippen LogP contribution in [0, 0.1) is 0 Å². The Balaban J connectivity index is 0.00000338. The van der Waals surface area contributed by atoms with Crippen LogP contribution in [-0.4, -0.2) is 79.9 Å². The van der Waals surface area contributed by atoms with Gasteiger partial charge in [-0.1, -0.05) is 13.0 Å². The molecule has 26 heavy (non-hydrogen) atoms. The van der Waals surface area contributed by atoms with E-state index < -0.39 is 0 Å². The number of thiophene rings is 1. The van der Waals surface area contributed by atoms with E-state index in [-0.39, 0.29) is 36.4 Å². The Bertz CT molecular complexity index is 564. The molecule has 0 spiro atoms. The molecule has 0 radical (unpaired) electrons. The first-order valence-electron chi connectivity index (χ1n) is 8.97. The van der Waals surface area contributed by atoms with Crippen LogP contribution < -0.4 is 5.32 Å². The minimum absolute atomic E-state index is 0. The van der Waals surface area contributed by atoms with E-state index >= 15 is 0 Å². The van der Waals surface area contributed by atoms with E-state index in [0.717, 1.165) is 25.6 Å². The Labute approximate surface area is 178 Å². The SMILES string of the molecule is CCN1CCCC1CN(C)C(=NCC(=O)N(C)C)NCc1cccs1.I. The molecule has 1 unspecified atom stereocenters. The first kappa shape index (κ1) is 23.2. The average Bonchev–Trinajstić information content (AvgIpc) is 3.25. The van der Waals surface area contributed by atoms with Gasteiger partial charge in [0.1, 0.15) is 6.54 Å². The number of likely N-dealkylation sites (tertiary alicyclic amines) is 1. The monoisotopic (exact) mass is 493 g/mol. The summed E-state index contributed by atoms with van der Waals surface area (Å²) in [6.07, 6.45) is 2.49. The van der Waals surface area contributed by atoms with E-state index in [0.29, 0.717) is 6.04 Å². The van der Waals surface area contributed by atoms with E-state index in [4.69, 9.17) is 0 Å². The Morgan fingerprint density at radius 1 is 1.42 bits per heavy atom. The molecule has 2 heterocycles. The van der Waals surface area contributed by atoms with Crippen molar-refractivity contribution in [2.75, 3.05) is 47.3 Å². The Morgan fingerprint density at radius 2 is 2.19 bits per heavy atom. The summed E-state index contributed by atoms with van der Waals surface area (Å²) < 4.78 is 0. The van der Waals surface area contributed by atoms with Gasteiger partial charge in [-0.05, 0) is 37.4 Å². The lowest BCUT2D eigenvalue weighted by atomic mass is 10.2. The molecule has 148 valence electrons. The first-order valence-corrected chi connectivity index (χ1v) is 9.85. The van der Waals surface area contributed by atoms with Crippen molar-refractivity contribution in [3.8, 4) is 0 Å².